The van der Waals surface area contributed by atoms with Crippen molar-refractivity contribution in [2.24, 2.45) is 0 Å². The number of aromatic nitrogens is 2. The molecule has 0 saturated carbocycles. The van der Waals surface area contributed by atoms with E-state index in [1.807, 2.05) is 13.0 Å². The Bertz CT molecular complexity index is 1330. The number of nitrogens with zero attached hydrogens (tertiary/aromatic N) is 2. The molecule has 0 saturated heterocycles. The number of hydrogen-bond acceptors (Lipinski definition) is 6. The number of carbonyl (C=O) groups is 1. The lowest BCUT2D eigenvalue weighted by molar-refractivity contribution is 0.103. The Morgan fingerprint density at radius 2 is 1.90 bits per heavy atom. The topological polar surface area (TPSA) is 73.3 Å². The maximum Gasteiger partial charge on any atom is 0.266 e. The van der Waals surface area contributed by atoms with Crippen LogP contribution >= 0.6 is 11.3 Å². The van der Waals surface area contributed by atoms with Gasteiger partial charge in [-0.2, -0.15) is 4.98 Å². The average molecular weight is 432 g/mol. The molecule has 4 aromatic rings. The second kappa shape index (κ2) is 7.76. The highest BCUT2D eigenvalue weighted by Gasteiger charge is 2.22. The lowest BCUT2D eigenvalue weighted by atomic mass is 10.1. The predicted molar refractivity (Wildman–Crippen MR) is 122 cm³/mol. The Hall–Kier alpha value is -3.29. The van der Waals surface area contributed by atoms with Crippen LogP contribution in [0.5, 0.6) is 5.88 Å². The zero-order valence-corrected chi connectivity index (χ0v) is 18.3. The van der Waals surface area contributed by atoms with Crippen molar-refractivity contribution in [1.82, 2.24) is 9.97 Å². The number of hydrogen-bond donors (Lipinski definition) is 1. The van der Waals surface area contributed by atoms with Crippen LogP contribution in [0.3, 0.4) is 0 Å². The third-order valence-corrected chi connectivity index (χ3v) is 6.71. The first-order chi connectivity index (χ1) is 15.1. The SMILES string of the molecule is COCc1nc(OC)c2c(C)c(C(=O)Nc3ccc4c(c3)Cc3ccccc3-4)sc2n1. The molecular weight excluding hydrogens is 410 g/mol. The summed E-state index contributed by atoms with van der Waals surface area (Å²) in [6.07, 6.45) is 0.881. The van der Waals surface area contributed by atoms with E-state index in [1.165, 1.54) is 33.6 Å². The zero-order chi connectivity index (χ0) is 21.5. The summed E-state index contributed by atoms with van der Waals surface area (Å²) in [4.78, 5) is 23.4. The molecule has 0 unspecified atom stereocenters. The first-order valence-corrected chi connectivity index (χ1v) is 10.8. The highest BCUT2D eigenvalue weighted by Crippen LogP contribution is 2.38. The van der Waals surface area contributed by atoms with Gasteiger partial charge in [-0.05, 0) is 53.3 Å². The van der Waals surface area contributed by atoms with Crippen LogP contribution in [0, 0.1) is 6.92 Å². The second-order valence-corrected chi connectivity index (χ2v) is 8.48. The molecule has 2 aromatic heterocycles. The molecule has 1 aliphatic carbocycles. The van der Waals surface area contributed by atoms with E-state index in [1.54, 1.807) is 14.2 Å². The number of carbonyl (C=O) groups excluding carboxylic acids is 1. The fourth-order valence-corrected chi connectivity index (χ4v) is 5.20. The number of benzene rings is 2. The van der Waals surface area contributed by atoms with E-state index in [0.29, 0.717) is 21.4 Å². The molecule has 2 heterocycles. The number of nitrogens with one attached hydrogen (secondary N) is 1. The van der Waals surface area contributed by atoms with Crippen LogP contribution in [0.4, 0.5) is 5.69 Å². The minimum atomic E-state index is -0.161. The van der Waals surface area contributed by atoms with Gasteiger partial charge >= 0.3 is 0 Å². The van der Waals surface area contributed by atoms with Gasteiger partial charge in [0, 0.05) is 12.8 Å². The molecule has 156 valence electrons. The molecule has 0 aliphatic heterocycles. The van der Waals surface area contributed by atoms with Crippen molar-refractivity contribution in [2.75, 3.05) is 19.5 Å². The lowest BCUT2D eigenvalue weighted by Crippen LogP contribution is -2.11. The quantitative estimate of drug-likeness (QED) is 0.425. The van der Waals surface area contributed by atoms with E-state index in [-0.39, 0.29) is 12.5 Å². The van der Waals surface area contributed by atoms with Gasteiger partial charge in [0.2, 0.25) is 5.88 Å². The zero-order valence-electron chi connectivity index (χ0n) is 17.5. The lowest BCUT2D eigenvalue weighted by Gasteiger charge is -2.08. The molecule has 0 fully saturated rings. The third kappa shape index (κ3) is 3.36. The van der Waals surface area contributed by atoms with E-state index in [9.17, 15) is 4.79 Å². The van der Waals surface area contributed by atoms with Crippen LogP contribution < -0.4 is 10.1 Å². The van der Waals surface area contributed by atoms with E-state index in [0.717, 1.165) is 23.1 Å². The number of fused-ring (bicyclic) bond motifs is 4. The molecule has 1 N–H and O–H groups in total. The van der Waals surface area contributed by atoms with Gasteiger partial charge in [-0.3, -0.25) is 4.79 Å². The predicted octanol–water partition coefficient (Wildman–Crippen LogP) is 4.98. The third-order valence-electron chi connectivity index (χ3n) is 5.53. The fourth-order valence-electron chi connectivity index (χ4n) is 4.11. The highest BCUT2D eigenvalue weighted by molar-refractivity contribution is 7.20. The minimum absolute atomic E-state index is 0.161. The van der Waals surface area contributed by atoms with Gasteiger partial charge in [0.1, 0.15) is 11.4 Å². The summed E-state index contributed by atoms with van der Waals surface area (Å²) in [6.45, 7) is 2.18. The second-order valence-electron chi connectivity index (χ2n) is 7.48. The van der Waals surface area contributed by atoms with Gasteiger partial charge in [-0.15, -0.1) is 11.3 Å². The molecule has 1 aliphatic rings. The van der Waals surface area contributed by atoms with Crippen LogP contribution in [0.25, 0.3) is 21.3 Å². The standard InChI is InChI=1S/C24H21N3O3S/c1-13-20-23(30-3)26-19(12-29-2)27-24(20)31-21(13)22(28)25-16-8-9-18-15(11-16)10-14-6-4-5-7-17(14)18/h4-9,11H,10,12H2,1-3H3,(H,25,28). The number of methoxy groups -OCH3 is 2. The van der Waals surface area contributed by atoms with Crippen LogP contribution in [-0.4, -0.2) is 30.1 Å². The number of anilines is 1. The van der Waals surface area contributed by atoms with Crippen molar-refractivity contribution in [3.63, 3.8) is 0 Å². The molecule has 5 rings (SSSR count). The highest BCUT2D eigenvalue weighted by atomic mass is 32.1. The van der Waals surface area contributed by atoms with Gasteiger partial charge in [0.05, 0.1) is 17.4 Å². The maximum atomic E-state index is 13.1. The summed E-state index contributed by atoms with van der Waals surface area (Å²) >= 11 is 1.34. The number of aryl methyl sites for hydroxylation is 1. The van der Waals surface area contributed by atoms with E-state index >= 15 is 0 Å². The molecule has 2 aromatic carbocycles. The first-order valence-electron chi connectivity index (χ1n) is 9.94. The smallest absolute Gasteiger partial charge is 0.266 e. The number of rotatable bonds is 5. The van der Waals surface area contributed by atoms with Crippen LogP contribution in [-0.2, 0) is 17.8 Å². The number of ether oxygens (including phenoxy) is 2. The Kier molecular flexibility index (Phi) is 4.92. The number of amides is 1. The summed E-state index contributed by atoms with van der Waals surface area (Å²) in [5.41, 5.74) is 6.65. The minimum Gasteiger partial charge on any atom is -0.480 e. The molecule has 7 heteroatoms. The monoisotopic (exact) mass is 431 g/mol. The molecule has 1 amide bonds. The van der Waals surface area contributed by atoms with Crippen molar-refractivity contribution in [1.29, 1.82) is 0 Å². The maximum absolute atomic E-state index is 13.1. The Labute approximate surface area is 183 Å². The summed E-state index contributed by atoms with van der Waals surface area (Å²) < 4.78 is 10.6. The molecule has 0 radical (unpaired) electrons. The van der Waals surface area contributed by atoms with Crippen LogP contribution in [0.1, 0.15) is 32.2 Å². The van der Waals surface area contributed by atoms with Gasteiger partial charge < -0.3 is 14.8 Å². The number of thiophene rings is 1. The van der Waals surface area contributed by atoms with Crippen LogP contribution in [0.15, 0.2) is 42.5 Å². The Morgan fingerprint density at radius 3 is 2.71 bits per heavy atom. The molecular formula is C24H21N3O3S. The summed E-state index contributed by atoms with van der Waals surface area (Å²) in [6, 6.07) is 14.5. The van der Waals surface area contributed by atoms with E-state index in [4.69, 9.17) is 9.47 Å². The molecule has 0 spiro atoms. The molecule has 0 bridgehead atoms. The van der Waals surface area contributed by atoms with Crippen molar-refractivity contribution in [2.45, 2.75) is 20.0 Å². The Balaban J connectivity index is 1.46. The molecule has 31 heavy (non-hydrogen) atoms. The summed E-state index contributed by atoms with van der Waals surface area (Å²) in [5.74, 6) is 0.824. The largest absolute Gasteiger partial charge is 0.480 e. The first kappa shape index (κ1) is 19.7. The average Bonchev–Trinajstić information content (AvgIpc) is 3.30. The fraction of sp³-hybridized carbons (Fsp3) is 0.208. The van der Waals surface area contributed by atoms with Crippen molar-refractivity contribution < 1.29 is 14.3 Å². The summed E-state index contributed by atoms with van der Waals surface area (Å²) in [7, 11) is 3.16. The normalized spacial score (nSPS) is 12.0. The van der Waals surface area contributed by atoms with Crippen LogP contribution in [0.2, 0.25) is 0 Å². The van der Waals surface area contributed by atoms with Crippen molar-refractivity contribution in [3.8, 4) is 17.0 Å². The molecule has 0 atom stereocenters. The van der Waals surface area contributed by atoms with Gasteiger partial charge in [-0.25, -0.2) is 4.98 Å². The van der Waals surface area contributed by atoms with E-state index in [2.05, 4.69) is 51.7 Å². The van der Waals surface area contributed by atoms with Gasteiger partial charge in [0.25, 0.3) is 5.91 Å². The van der Waals surface area contributed by atoms with Crippen molar-refractivity contribution in [3.05, 3.63) is 69.9 Å². The van der Waals surface area contributed by atoms with E-state index < -0.39 is 0 Å². The summed E-state index contributed by atoms with van der Waals surface area (Å²) in [5, 5.41) is 3.82. The van der Waals surface area contributed by atoms with Crippen molar-refractivity contribution >= 4 is 33.1 Å². The molecule has 6 nitrogen and oxygen atoms in total. The van der Waals surface area contributed by atoms with Gasteiger partial charge in [0.15, 0.2) is 5.82 Å². The van der Waals surface area contributed by atoms with Gasteiger partial charge in [-0.1, -0.05) is 30.3 Å². The Morgan fingerprint density at radius 1 is 1.10 bits per heavy atom.